The average Bonchev–Trinajstić information content (AvgIpc) is 2.88. The third-order valence-electron chi connectivity index (χ3n) is 3.82. The van der Waals surface area contributed by atoms with Crippen LogP contribution in [0.15, 0.2) is 48.5 Å². The van der Waals surface area contributed by atoms with E-state index in [4.69, 9.17) is 14.6 Å². The molecule has 5 heteroatoms. The second-order valence-corrected chi connectivity index (χ2v) is 5.24. The van der Waals surface area contributed by atoms with Gasteiger partial charge in [0, 0.05) is 24.0 Å². The number of aromatic nitrogens is 1. The third kappa shape index (κ3) is 2.99. The van der Waals surface area contributed by atoms with Gasteiger partial charge in [0.1, 0.15) is 18.1 Å². The average molecular weight is 311 g/mol. The first kappa shape index (κ1) is 15.0. The summed E-state index contributed by atoms with van der Waals surface area (Å²) in [6, 6.07) is 14.5. The van der Waals surface area contributed by atoms with Gasteiger partial charge in [-0.25, -0.2) is 4.79 Å². The summed E-state index contributed by atoms with van der Waals surface area (Å²) < 4.78 is 13.0. The molecular formula is C18H17NO4. The van der Waals surface area contributed by atoms with Gasteiger partial charge in [-0.2, -0.15) is 0 Å². The van der Waals surface area contributed by atoms with E-state index in [0.717, 1.165) is 28.1 Å². The smallest absolute Gasteiger partial charge is 0.335 e. The molecule has 0 spiro atoms. The topological polar surface area (TPSA) is 60.7 Å². The Morgan fingerprint density at radius 1 is 1.13 bits per heavy atom. The first-order chi connectivity index (χ1) is 11.1. The summed E-state index contributed by atoms with van der Waals surface area (Å²) in [5.74, 6) is 0.538. The maximum absolute atomic E-state index is 11.1. The molecule has 23 heavy (non-hydrogen) atoms. The lowest BCUT2D eigenvalue weighted by molar-refractivity contribution is 0.0697. The van der Waals surface area contributed by atoms with Crippen molar-refractivity contribution < 1.29 is 19.4 Å². The molecule has 0 bridgehead atoms. The van der Waals surface area contributed by atoms with E-state index in [2.05, 4.69) is 0 Å². The van der Waals surface area contributed by atoms with Crippen molar-refractivity contribution in [1.82, 2.24) is 4.57 Å². The van der Waals surface area contributed by atoms with Crippen molar-refractivity contribution in [2.75, 3.05) is 7.11 Å². The lowest BCUT2D eigenvalue weighted by Crippen LogP contribution is -2.02. The fourth-order valence-corrected chi connectivity index (χ4v) is 2.53. The second-order valence-electron chi connectivity index (χ2n) is 5.24. The third-order valence-corrected chi connectivity index (χ3v) is 3.82. The highest BCUT2D eigenvalue weighted by Gasteiger charge is 2.10. The van der Waals surface area contributed by atoms with Crippen LogP contribution in [-0.2, 0) is 13.7 Å². The largest absolute Gasteiger partial charge is 0.497 e. The Labute approximate surface area is 133 Å². The predicted molar refractivity (Wildman–Crippen MR) is 87.2 cm³/mol. The number of carbonyl (C=O) groups is 1. The summed E-state index contributed by atoms with van der Waals surface area (Å²) in [5.41, 5.74) is 2.22. The fraction of sp³-hybridized carbons (Fsp3) is 0.167. The Morgan fingerprint density at radius 2 is 1.91 bits per heavy atom. The van der Waals surface area contributed by atoms with Crippen molar-refractivity contribution >= 4 is 16.9 Å². The van der Waals surface area contributed by atoms with E-state index in [1.54, 1.807) is 19.2 Å². The molecule has 0 radical (unpaired) electrons. The van der Waals surface area contributed by atoms with Crippen molar-refractivity contribution in [2.24, 2.45) is 7.05 Å². The number of ether oxygens (including phenoxy) is 2. The Kier molecular flexibility index (Phi) is 3.93. The van der Waals surface area contributed by atoms with Gasteiger partial charge in [-0.05, 0) is 36.4 Å². The van der Waals surface area contributed by atoms with E-state index in [1.165, 1.54) is 0 Å². The second kappa shape index (κ2) is 6.04. The Morgan fingerprint density at radius 3 is 2.65 bits per heavy atom. The van der Waals surface area contributed by atoms with Gasteiger partial charge in [0.15, 0.2) is 0 Å². The van der Waals surface area contributed by atoms with Crippen molar-refractivity contribution in [3.8, 4) is 11.5 Å². The standard InChI is InChI=1S/C18H17NO4/c1-19-14(11-23-16-5-3-4-15(10-16)22-2)9-13-8-12(18(20)21)6-7-17(13)19/h3-10H,11H2,1-2H3,(H,20,21). The van der Waals surface area contributed by atoms with E-state index in [-0.39, 0.29) is 5.56 Å². The Bertz CT molecular complexity index is 867. The van der Waals surface area contributed by atoms with Crippen LogP contribution in [0.2, 0.25) is 0 Å². The summed E-state index contributed by atoms with van der Waals surface area (Å²) in [4.78, 5) is 11.1. The number of rotatable bonds is 5. The molecule has 1 aromatic heterocycles. The number of aromatic carboxylic acids is 1. The lowest BCUT2D eigenvalue weighted by Gasteiger charge is -2.08. The number of benzene rings is 2. The van der Waals surface area contributed by atoms with Crippen molar-refractivity contribution in [1.29, 1.82) is 0 Å². The number of carboxylic acid groups (broad SMARTS) is 1. The van der Waals surface area contributed by atoms with Crippen molar-refractivity contribution in [3.63, 3.8) is 0 Å². The molecule has 3 aromatic rings. The molecule has 118 valence electrons. The van der Waals surface area contributed by atoms with Crippen LogP contribution in [0.25, 0.3) is 10.9 Å². The molecule has 5 nitrogen and oxygen atoms in total. The van der Waals surface area contributed by atoms with Crippen LogP contribution in [0.1, 0.15) is 16.1 Å². The predicted octanol–water partition coefficient (Wildman–Crippen LogP) is 3.46. The number of hydrogen-bond donors (Lipinski definition) is 1. The van der Waals surface area contributed by atoms with E-state index in [9.17, 15) is 4.79 Å². The van der Waals surface area contributed by atoms with Gasteiger partial charge in [0.25, 0.3) is 0 Å². The molecule has 0 saturated carbocycles. The number of methoxy groups -OCH3 is 1. The number of fused-ring (bicyclic) bond motifs is 1. The van der Waals surface area contributed by atoms with E-state index < -0.39 is 5.97 Å². The van der Waals surface area contributed by atoms with E-state index in [1.807, 2.05) is 48.0 Å². The zero-order valence-electron chi connectivity index (χ0n) is 12.9. The molecule has 0 aliphatic rings. The van der Waals surface area contributed by atoms with E-state index >= 15 is 0 Å². The summed E-state index contributed by atoms with van der Waals surface area (Å²) in [6.45, 7) is 0.390. The quantitative estimate of drug-likeness (QED) is 0.784. The van der Waals surface area contributed by atoms with Crippen LogP contribution >= 0.6 is 0 Å². The molecule has 1 N–H and O–H groups in total. The summed E-state index contributed by atoms with van der Waals surface area (Å²) in [7, 11) is 3.55. The minimum atomic E-state index is -0.926. The minimum absolute atomic E-state index is 0.281. The molecule has 0 amide bonds. The zero-order valence-corrected chi connectivity index (χ0v) is 12.9. The number of nitrogens with zero attached hydrogens (tertiary/aromatic N) is 1. The molecule has 0 fully saturated rings. The molecule has 0 saturated heterocycles. The van der Waals surface area contributed by atoms with Crippen LogP contribution in [0.5, 0.6) is 11.5 Å². The number of carboxylic acids is 1. The Balaban J connectivity index is 1.85. The highest BCUT2D eigenvalue weighted by molar-refractivity contribution is 5.94. The highest BCUT2D eigenvalue weighted by Crippen LogP contribution is 2.23. The van der Waals surface area contributed by atoms with E-state index in [0.29, 0.717) is 6.61 Å². The lowest BCUT2D eigenvalue weighted by atomic mass is 10.1. The molecule has 0 aliphatic heterocycles. The van der Waals surface area contributed by atoms with Crippen LogP contribution < -0.4 is 9.47 Å². The van der Waals surface area contributed by atoms with Crippen LogP contribution in [0.4, 0.5) is 0 Å². The maximum Gasteiger partial charge on any atom is 0.335 e. The van der Waals surface area contributed by atoms with Gasteiger partial charge < -0.3 is 19.1 Å². The molecule has 1 heterocycles. The van der Waals surface area contributed by atoms with Crippen molar-refractivity contribution in [2.45, 2.75) is 6.61 Å². The molecule has 2 aromatic carbocycles. The van der Waals surface area contributed by atoms with Gasteiger partial charge in [-0.1, -0.05) is 6.07 Å². The van der Waals surface area contributed by atoms with Crippen LogP contribution in [-0.4, -0.2) is 22.8 Å². The number of hydrogen-bond acceptors (Lipinski definition) is 3. The fourth-order valence-electron chi connectivity index (χ4n) is 2.53. The highest BCUT2D eigenvalue weighted by atomic mass is 16.5. The summed E-state index contributed by atoms with van der Waals surface area (Å²) in [6.07, 6.45) is 0. The Hall–Kier alpha value is -2.95. The molecule has 3 rings (SSSR count). The van der Waals surface area contributed by atoms with Crippen LogP contribution in [0, 0.1) is 0 Å². The first-order valence-electron chi connectivity index (χ1n) is 7.17. The van der Waals surface area contributed by atoms with Crippen molar-refractivity contribution in [3.05, 3.63) is 59.8 Å². The van der Waals surface area contributed by atoms with Gasteiger partial charge in [0.2, 0.25) is 0 Å². The number of aryl methyl sites for hydroxylation is 1. The molecule has 0 atom stereocenters. The maximum atomic E-state index is 11.1. The summed E-state index contributed by atoms with van der Waals surface area (Å²) in [5, 5.41) is 9.96. The summed E-state index contributed by atoms with van der Waals surface area (Å²) >= 11 is 0. The normalized spacial score (nSPS) is 10.7. The van der Waals surface area contributed by atoms with Gasteiger partial charge >= 0.3 is 5.97 Å². The monoisotopic (exact) mass is 311 g/mol. The van der Waals surface area contributed by atoms with Gasteiger partial charge in [-0.15, -0.1) is 0 Å². The first-order valence-corrected chi connectivity index (χ1v) is 7.17. The zero-order chi connectivity index (χ0) is 16.4. The van der Waals surface area contributed by atoms with Gasteiger partial charge in [-0.3, -0.25) is 0 Å². The molecule has 0 unspecified atom stereocenters. The molecular weight excluding hydrogens is 294 g/mol. The van der Waals surface area contributed by atoms with Gasteiger partial charge in [0.05, 0.1) is 18.4 Å². The molecule has 0 aliphatic carbocycles. The minimum Gasteiger partial charge on any atom is -0.497 e. The van der Waals surface area contributed by atoms with Crippen LogP contribution in [0.3, 0.4) is 0 Å². The SMILES string of the molecule is COc1cccc(OCc2cc3cc(C(=O)O)ccc3n2C)c1.